The summed E-state index contributed by atoms with van der Waals surface area (Å²) in [6.07, 6.45) is 2.98. The van der Waals surface area contributed by atoms with Crippen molar-refractivity contribution in [1.29, 1.82) is 0 Å². The number of pyridine rings is 1. The second-order valence-corrected chi connectivity index (χ2v) is 12.6. The molecule has 0 bridgehead atoms. The third-order valence-corrected chi connectivity index (χ3v) is 9.68. The molecule has 2 atom stereocenters. The molecule has 246 valence electrons. The van der Waals surface area contributed by atoms with E-state index < -0.39 is 17.5 Å². The summed E-state index contributed by atoms with van der Waals surface area (Å²) in [5.74, 6) is -2.76. The van der Waals surface area contributed by atoms with Crippen LogP contribution in [0.1, 0.15) is 25.6 Å². The zero-order valence-electron chi connectivity index (χ0n) is 26.6. The molecule has 2 aromatic carbocycles. The van der Waals surface area contributed by atoms with Crippen LogP contribution in [0.3, 0.4) is 0 Å². The van der Waals surface area contributed by atoms with Gasteiger partial charge in [-0.05, 0) is 38.1 Å². The molecular weight excluding hydrogens is 641 g/mol. The van der Waals surface area contributed by atoms with E-state index in [2.05, 4.69) is 11.6 Å². The third-order valence-electron chi connectivity index (χ3n) is 8.72. The number of nitrogens with zero attached hydrogens (tertiary/aromatic N) is 6. The molecule has 13 heteroatoms. The second-order valence-electron chi connectivity index (χ2n) is 11.7. The Hall–Kier alpha value is -5.01. The van der Waals surface area contributed by atoms with Crippen LogP contribution in [0.15, 0.2) is 60.8 Å². The maximum atomic E-state index is 16.1. The number of methoxy groups -OCH3 is 1. The second kappa shape index (κ2) is 12.2. The summed E-state index contributed by atoms with van der Waals surface area (Å²) < 4.78 is 62.0. The van der Waals surface area contributed by atoms with E-state index >= 15 is 8.78 Å². The molecule has 0 unspecified atom stereocenters. The minimum Gasteiger partial charge on any atom is -0.490 e. The lowest BCUT2D eigenvalue weighted by atomic mass is 9.94. The lowest BCUT2D eigenvalue weighted by molar-refractivity contribution is -0.131. The van der Waals surface area contributed by atoms with E-state index in [9.17, 15) is 9.18 Å². The zero-order valence-corrected chi connectivity index (χ0v) is 27.4. The van der Waals surface area contributed by atoms with Crippen molar-refractivity contribution in [3.05, 3.63) is 83.9 Å². The number of hydrogen-bond donors (Lipinski definition) is 0. The topological polar surface area (TPSA) is 87.3 Å². The van der Waals surface area contributed by atoms with E-state index in [1.807, 2.05) is 43.7 Å². The molecule has 0 aliphatic carbocycles. The Morgan fingerprint density at radius 3 is 2.67 bits per heavy atom. The van der Waals surface area contributed by atoms with Crippen molar-refractivity contribution in [3.8, 4) is 39.5 Å². The molecule has 5 heterocycles. The number of hydrogen-bond acceptors (Lipinski definition) is 7. The van der Waals surface area contributed by atoms with Gasteiger partial charge in [-0.1, -0.05) is 12.6 Å². The fraction of sp³-hybridized carbons (Fsp3) is 0.257. The van der Waals surface area contributed by atoms with Crippen molar-refractivity contribution in [1.82, 2.24) is 29.2 Å². The molecule has 1 aliphatic rings. The number of benzene rings is 2. The minimum atomic E-state index is -0.950. The highest BCUT2D eigenvalue weighted by Gasteiger charge is 2.35. The average molecular weight is 673 g/mol. The van der Waals surface area contributed by atoms with E-state index in [-0.39, 0.29) is 59.2 Å². The maximum Gasteiger partial charge on any atom is 0.246 e. The summed E-state index contributed by atoms with van der Waals surface area (Å²) in [4.78, 5) is 24.1. The first-order valence-corrected chi connectivity index (χ1v) is 16.1. The van der Waals surface area contributed by atoms with Gasteiger partial charge in [0.25, 0.3) is 0 Å². The first-order chi connectivity index (χ1) is 23.1. The molecule has 9 nitrogen and oxygen atoms in total. The SMILES string of the molecule is C=CC(=O)N1[C@H](C)c2cc(-c3nc(-c4ccc5c(c4)ncn5C)c4scc(F)c4c3-c3c(F)cc(F)cc3OCCOC)nn2C[C@@H]1C. The van der Waals surface area contributed by atoms with Gasteiger partial charge in [-0.3, -0.25) is 9.48 Å². The summed E-state index contributed by atoms with van der Waals surface area (Å²) in [5, 5.41) is 6.33. The summed E-state index contributed by atoms with van der Waals surface area (Å²) >= 11 is 1.13. The molecule has 1 amide bonds. The Morgan fingerprint density at radius 1 is 1.08 bits per heavy atom. The van der Waals surface area contributed by atoms with E-state index in [1.165, 1.54) is 18.6 Å². The van der Waals surface area contributed by atoms with Gasteiger partial charge in [0, 0.05) is 54.2 Å². The van der Waals surface area contributed by atoms with Crippen LogP contribution in [0.2, 0.25) is 0 Å². The number of thiophene rings is 1. The Labute approximate surface area is 277 Å². The normalized spacial score (nSPS) is 16.1. The highest BCUT2D eigenvalue weighted by atomic mass is 32.1. The lowest BCUT2D eigenvalue weighted by Gasteiger charge is -2.38. The largest absolute Gasteiger partial charge is 0.490 e. The Bertz CT molecular complexity index is 2240. The Balaban J connectivity index is 1.54. The molecule has 0 saturated carbocycles. The van der Waals surface area contributed by atoms with Gasteiger partial charge in [0.2, 0.25) is 5.91 Å². The van der Waals surface area contributed by atoms with Gasteiger partial charge in [-0.15, -0.1) is 11.3 Å². The number of ether oxygens (including phenoxy) is 2. The summed E-state index contributed by atoms with van der Waals surface area (Å²) in [7, 11) is 3.37. The van der Waals surface area contributed by atoms with Crippen molar-refractivity contribution < 1.29 is 27.4 Å². The van der Waals surface area contributed by atoms with E-state index in [1.54, 1.807) is 22.0 Å². The number of halogens is 3. The number of rotatable bonds is 8. The number of imidazole rings is 1. The summed E-state index contributed by atoms with van der Waals surface area (Å²) in [6, 6.07) is 8.66. The van der Waals surface area contributed by atoms with Gasteiger partial charge in [0.1, 0.15) is 41.2 Å². The quantitative estimate of drug-likeness (QED) is 0.125. The van der Waals surface area contributed by atoms with E-state index in [4.69, 9.17) is 19.6 Å². The van der Waals surface area contributed by atoms with Crippen LogP contribution in [0.4, 0.5) is 13.2 Å². The van der Waals surface area contributed by atoms with Crippen LogP contribution in [0.25, 0.3) is 54.9 Å². The Kier molecular flexibility index (Phi) is 8.04. The van der Waals surface area contributed by atoms with Crippen LogP contribution >= 0.6 is 11.3 Å². The number of aromatic nitrogens is 5. The standard InChI is InChI=1S/C35H31F3N6O3S/c1-6-29(45)44-18(2)15-43-27(19(44)3)14-25(41-43)34-32(30-22(37)12-21(36)13-28(30)47-10-9-46-5)31-23(38)16-48-35(31)33(40-34)20-7-8-26-24(11-20)39-17-42(26)4/h6-8,11-14,16-19H,1,9-10,15H2,2-5H3/t18-,19+/m0/s1. The van der Waals surface area contributed by atoms with Gasteiger partial charge < -0.3 is 18.9 Å². The van der Waals surface area contributed by atoms with Crippen molar-refractivity contribution in [3.63, 3.8) is 0 Å². The van der Waals surface area contributed by atoms with Crippen LogP contribution in [0.5, 0.6) is 5.75 Å². The van der Waals surface area contributed by atoms with Crippen LogP contribution < -0.4 is 4.74 Å². The fourth-order valence-corrected chi connectivity index (χ4v) is 7.47. The van der Waals surface area contributed by atoms with Gasteiger partial charge in [0.05, 0.1) is 58.2 Å². The molecule has 0 saturated heterocycles. The molecule has 6 aromatic rings. The van der Waals surface area contributed by atoms with Crippen LogP contribution in [-0.2, 0) is 23.1 Å². The molecule has 0 spiro atoms. The number of fused-ring (bicyclic) bond motifs is 3. The van der Waals surface area contributed by atoms with Crippen LogP contribution in [-0.4, -0.2) is 61.5 Å². The highest BCUT2D eigenvalue weighted by Crippen LogP contribution is 2.48. The predicted molar refractivity (Wildman–Crippen MR) is 178 cm³/mol. The van der Waals surface area contributed by atoms with Crippen molar-refractivity contribution in [2.45, 2.75) is 32.5 Å². The molecule has 48 heavy (non-hydrogen) atoms. The number of carbonyl (C=O) groups excluding carboxylic acids is 1. The minimum absolute atomic E-state index is 0.00602. The van der Waals surface area contributed by atoms with E-state index in [0.29, 0.717) is 33.9 Å². The molecule has 0 N–H and O–H groups in total. The third kappa shape index (κ3) is 5.13. The summed E-state index contributed by atoms with van der Waals surface area (Å²) in [5.41, 5.74) is 3.87. The fourth-order valence-electron chi connectivity index (χ4n) is 6.54. The van der Waals surface area contributed by atoms with Crippen molar-refractivity contribution in [2.24, 2.45) is 7.05 Å². The summed E-state index contributed by atoms with van der Waals surface area (Å²) in [6.45, 7) is 7.99. The predicted octanol–water partition coefficient (Wildman–Crippen LogP) is 7.30. The molecule has 1 aliphatic heterocycles. The first kappa shape index (κ1) is 31.6. The lowest BCUT2D eigenvalue weighted by Crippen LogP contribution is -2.46. The molecule has 7 rings (SSSR count). The van der Waals surface area contributed by atoms with Gasteiger partial charge >= 0.3 is 0 Å². The average Bonchev–Trinajstić information content (AvgIpc) is 3.77. The number of aryl methyl sites for hydroxylation is 1. The smallest absolute Gasteiger partial charge is 0.246 e. The Morgan fingerprint density at radius 2 is 1.90 bits per heavy atom. The van der Waals surface area contributed by atoms with E-state index in [0.717, 1.165) is 34.5 Å². The maximum absolute atomic E-state index is 16.1. The van der Waals surface area contributed by atoms with Gasteiger partial charge in [-0.25, -0.2) is 23.1 Å². The van der Waals surface area contributed by atoms with Crippen molar-refractivity contribution in [2.75, 3.05) is 20.3 Å². The molecular formula is C35H31F3N6O3S. The zero-order chi connectivity index (χ0) is 33.9. The molecule has 4 aromatic heterocycles. The number of amides is 1. The van der Waals surface area contributed by atoms with Gasteiger partial charge in [0.15, 0.2) is 0 Å². The van der Waals surface area contributed by atoms with Gasteiger partial charge in [-0.2, -0.15) is 5.10 Å². The highest BCUT2D eigenvalue weighted by molar-refractivity contribution is 7.17. The van der Waals surface area contributed by atoms with Crippen molar-refractivity contribution >= 4 is 38.4 Å². The molecule has 0 fully saturated rings. The first-order valence-electron chi connectivity index (χ1n) is 15.3. The molecule has 0 radical (unpaired) electrons. The monoisotopic (exact) mass is 672 g/mol. The van der Waals surface area contributed by atoms with Crippen LogP contribution in [0, 0.1) is 17.5 Å². The number of carbonyl (C=O) groups is 1.